The van der Waals surface area contributed by atoms with Gasteiger partial charge in [-0.05, 0) is 36.7 Å². The van der Waals surface area contributed by atoms with Gasteiger partial charge in [0, 0.05) is 30.8 Å². The summed E-state index contributed by atoms with van der Waals surface area (Å²) in [7, 11) is 0. The monoisotopic (exact) mass is 384 g/mol. The molecule has 5 heteroatoms. The number of hydrogen-bond donors (Lipinski definition) is 1. The van der Waals surface area contributed by atoms with Crippen LogP contribution in [0, 0.1) is 11.8 Å². The lowest BCUT2D eigenvalue weighted by molar-refractivity contribution is -0.149. The zero-order chi connectivity index (χ0) is 20.3. The summed E-state index contributed by atoms with van der Waals surface area (Å²) in [6, 6.07) is 9.80. The Labute approximate surface area is 168 Å². The van der Waals surface area contributed by atoms with Gasteiger partial charge in [-0.1, -0.05) is 58.0 Å². The first-order valence-electron chi connectivity index (χ1n) is 10.3. The van der Waals surface area contributed by atoms with Crippen molar-refractivity contribution in [3.63, 3.8) is 0 Å². The smallest absolute Gasteiger partial charge is 0.335 e. The van der Waals surface area contributed by atoms with Crippen LogP contribution in [0.4, 0.5) is 4.79 Å². The number of ether oxygens (including phenoxy) is 1. The first kappa shape index (κ1) is 20.4. The second-order valence-corrected chi connectivity index (χ2v) is 8.85. The molecule has 2 amide bonds. The average molecular weight is 385 g/mol. The highest BCUT2D eigenvalue weighted by Crippen LogP contribution is 2.45. The van der Waals surface area contributed by atoms with E-state index >= 15 is 0 Å². The molecule has 0 aliphatic carbocycles. The van der Waals surface area contributed by atoms with E-state index in [0.717, 1.165) is 29.6 Å². The van der Waals surface area contributed by atoms with E-state index in [1.807, 2.05) is 35.2 Å². The number of rotatable bonds is 6. The van der Waals surface area contributed by atoms with Gasteiger partial charge in [-0.25, -0.2) is 9.59 Å². The van der Waals surface area contributed by atoms with Gasteiger partial charge < -0.3 is 15.0 Å². The summed E-state index contributed by atoms with van der Waals surface area (Å²) in [5.74, 6) is 0.627. The molecule has 1 N–H and O–H groups in total. The Balaban J connectivity index is 1.75. The molecule has 0 spiro atoms. The number of nitrogens with one attached hydrogen (secondary N) is 1. The highest BCUT2D eigenvalue weighted by molar-refractivity contribution is 5.94. The lowest BCUT2D eigenvalue weighted by atomic mass is 9.77. The minimum absolute atomic E-state index is 0.0854. The number of hydrogen-bond acceptors (Lipinski definition) is 3. The lowest BCUT2D eigenvalue weighted by Crippen LogP contribution is -2.47. The molecule has 28 heavy (non-hydrogen) atoms. The Hall–Kier alpha value is -2.30. The third-order valence-electron chi connectivity index (χ3n) is 5.48. The number of benzene rings is 1. The molecule has 1 aromatic rings. The van der Waals surface area contributed by atoms with Gasteiger partial charge in [0.15, 0.2) is 0 Å². The summed E-state index contributed by atoms with van der Waals surface area (Å²) in [6.45, 7) is 10.1. The third kappa shape index (κ3) is 4.40. The van der Waals surface area contributed by atoms with Crippen molar-refractivity contribution in [2.24, 2.45) is 11.8 Å². The second kappa shape index (κ2) is 8.38. The van der Waals surface area contributed by atoms with Gasteiger partial charge in [0.2, 0.25) is 0 Å². The molecular formula is C23H32N2O3. The quantitative estimate of drug-likeness (QED) is 0.745. The van der Waals surface area contributed by atoms with E-state index in [2.05, 4.69) is 33.0 Å². The van der Waals surface area contributed by atoms with Crippen molar-refractivity contribution in [1.29, 1.82) is 0 Å². The molecule has 0 saturated heterocycles. The molecule has 0 saturated carbocycles. The molecule has 0 atom stereocenters. The van der Waals surface area contributed by atoms with Crippen molar-refractivity contribution in [3.05, 3.63) is 47.0 Å². The molecular weight excluding hydrogens is 352 g/mol. The number of urea groups is 1. The van der Waals surface area contributed by atoms with E-state index < -0.39 is 5.60 Å². The van der Waals surface area contributed by atoms with E-state index in [9.17, 15) is 9.59 Å². The van der Waals surface area contributed by atoms with Gasteiger partial charge in [-0.3, -0.25) is 0 Å². The SMILES string of the molecule is CC(C)CC1(CC(C)C)OC(=O)C2=C1CN(C(=O)NCc1ccccc1)CC2. The van der Waals surface area contributed by atoms with Gasteiger partial charge in [0.25, 0.3) is 0 Å². The van der Waals surface area contributed by atoms with Crippen molar-refractivity contribution in [1.82, 2.24) is 10.2 Å². The largest absolute Gasteiger partial charge is 0.451 e. The Bertz CT molecular complexity index is 742. The summed E-state index contributed by atoms with van der Waals surface area (Å²) >= 11 is 0. The van der Waals surface area contributed by atoms with E-state index in [0.29, 0.717) is 37.9 Å². The van der Waals surface area contributed by atoms with E-state index in [1.54, 1.807) is 0 Å². The van der Waals surface area contributed by atoms with Crippen LogP contribution in [0.2, 0.25) is 0 Å². The predicted octanol–water partition coefficient (Wildman–Crippen LogP) is 4.29. The highest BCUT2D eigenvalue weighted by atomic mass is 16.6. The molecule has 0 aromatic heterocycles. The van der Waals surface area contributed by atoms with E-state index in [-0.39, 0.29) is 12.0 Å². The van der Waals surface area contributed by atoms with Gasteiger partial charge in [0.1, 0.15) is 5.60 Å². The fraction of sp³-hybridized carbons (Fsp3) is 0.565. The van der Waals surface area contributed by atoms with Crippen LogP contribution >= 0.6 is 0 Å². The Morgan fingerprint density at radius 3 is 2.39 bits per heavy atom. The molecule has 152 valence electrons. The first-order valence-corrected chi connectivity index (χ1v) is 10.3. The van der Waals surface area contributed by atoms with Crippen LogP contribution in [0.25, 0.3) is 0 Å². The Morgan fingerprint density at radius 2 is 1.79 bits per heavy atom. The van der Waals surface area contributed by atoms with Gasteiger partial charge in [-0.15, -0.1) is 0 Å². The minimum Gasteiger partial charge on any atom is -0.451 e. The lowest BCUT2D eigenvalue weighted by Gasteiger charge is -2.37. The van der Waals surface area contributed by atoms with E-state index in [4.69, 9.17) is 4.74 Å². The molecule has 3 rings (SSSR count). The van der Waals surface area contributed by atoms with Crippen molar-refractivity contribution >= 4 is 12.0 Å². The zero-order valence-electron chi connectivity index (χ0n) is 17.5. The number of nitrogens with zero attached hydrogens (tertiary/aromatic N) is 1. The maximum absolute atomic E-state index is 12.8. The fourth-order valence-corrected chi connectivity index (χ4v) is 4.50. The summed E-state index contributed by atoms with van der Waals surface area (Å²) < 4.78 is 6.00. The molecule has 2 aliphatic rings. The molecule has 0 bridgehead atoms. The van der Waals surface area contributed by atoms with Crippen molar-refractivity contribution in [2.45, 2.75) is 59.1 Å². The summed E-state index contributed by atoms with van der Waals surface area (Å²) in [6.07, 6.45) is 2.18. The van der Waals surface area contributed by atoms with Crippen LogP contribution in [0.1, 0.15) is 52.5 Å². The molecule has 2 aliphatic heterocycles. The number of esters is 1. The molecule has 5 nitrogen and oxygen atoms in total. The maximum atomic E-state index is 12.8. The first-order chi connectivity index (χ1) is 13.3. The number of carbonyl (C=O) groups is 2. The van der Waals surface area contributed by atoms with Crippen LogP contribution in [0.3, 0.4) is 0 Å². The van der Waals surface area contributed by atoms with Crippen LogP contribution in [-0.4, -0.2) is 35.6 Å². The van der Waals surface area contributed by atoms with Crippen molar-refractivity contribution < 1.29 is 14.3 Å². The zero-order valence-corrected chi connectivity index (χ0v) is 17.5. The summed E-state index contributed by atoms with van der Waals surface area (Å²) in [4.78, 5) is 27.2. The molecule has 1 aromatic carbocycles. The normalized spacial score (nSPS) is 18.5. The Kier molecular flexibility index (Phi) is 6.11. The van der Waals surface area contributed by atoms with Crippen LogP contribution in [0.5, 0.6) is 0 Å². The molecule has 0 unspecified atom stereocenters. The third-order valence-corrected chi connectivity index (χ3v) is 5.48. The van der Waals surface area contributed by atoms with Gasteiger partial charge >= 0.3 is 12.0 Å². The number of cyclic esters (lactones) is 1. The van der Waals surface area contributed by atoms with E-state index in [1.165, 1.54) is 0 Å². The topological polar surface area (TPSA) is 58.6 Å². The van der Waals surface area contributed by atoms with Crippen LogP contribution < -0.4 is 5.32 Å². The van der Waals surface area contributed by atoms with Crippen LogP contribution in [0.15, 0.2) is 41.5 Å². The van der Waals surface area contributed by atoms with Gasteiger partial charge in [0.05, 0.1) is 0 Å². The predicted molar refractivity (Wildman–Crippen MR) is 110 cm³/mol. The number of carbonyl (C=O) groups excluding carboxylic acids is 2. The standard InChI is InChI=1S/C23H32N2O3/c1-16(2)12-23(13-17(3)4)20-15-25(11-10-19(20)21(26)28-23)22(27)24-14-18-8-6-5-7-9-18/h5-9,16-17H,10-15H2,1-4H3,(H,24,27). The van der Waals surface area contributed by atoms with Crippen LogP contribution in [-0.2, 0) is 16.1 Å². The highest BCUT2D eigenvalue weighted by Gasteiger charge is 2.49. The number of amides is 2. The summed E-state index contributed by atoms with van der Waals surface area (Å²) in [5, 5.41) is 3.01. The fourth-order valence-electron chi connectivity index (χ4n) is 4.50. The Morgan fingerprint density at radius 1 is 1.14 bits per heavy atom. The maximum Gasteiger partial charge on any atom is 0.335 e. The molecule has 2 heterocycles. The van der Waals surface area contributed by atoms with Crippen molar-refractivity contribution in [3.8, 4) is 0 Å². The molecule has 0 fully saturated rings. The van der Waals surface area contributed by atoms with Crippen molar-refractivity contribution in [2.75, 3.05) is 13.1 Å². The summed E-state index contributed by atoms with van der Waals surface area (Å²) in [5.41, 5.74) is 2.34. The molecule has 0 radical (unpaired) electrons. The average Bonchev–Trinajstić information content (AvgIpc) is 2.90. The minimum atomic E-state index is -0.562. The van der Waals surface area contributed by atoms with Gasteiger partial charge in [-0.2, -0.15) is 0 Å². The second-order valence-electron chi connectivity index (χ2n) is 8.85.